The van der Waals surface area contributed by atoms with Gasteiger partial charge in [-0.1, -0.05) is 56.7 Å². The van der Waals surface area contributed by atoms with Crippen molar-refractivity contribution in [3.8, 4) is 0 Å². The predicted molar refractivity (Wildman–Crippen MR) is 199 cm³/mol. The van der Waals surface area contributed by atoms with E-state index in [1.165, 1.54) is 4.90 Å². The number of fused-ring (bicyclic) bond motifs is 1. The smallest absolute Gasteiger partial charge is 0.408 e. The Morgan fingerprint density at radius 1 is 1.04 bits per heavy atom. The van der Waals surface area contributed by atoms with Gasteiger partial charge < -0.3 is 25.5 Å². The molecule has 3 N–H and O–H groups in total. The van der Waals surface area contributed by atoms with Gasteiger partial charge in [0.1, 0.15) is 11.6 Å². The number of hydrogen-bond acceptors (Lipinski definition) is 6. The zero-order valence-electron chi connectivity index (χ0n) is 31.5. The molecule has 4 amide bonds. The van der Waals surface area contributed by atoms with E-state index in [1.807, 2.05) is 52.9 Å². The average molecular weight is 714 g/mol. The molecule has 4 atom stereocenters. The number of benzene rings is 2. The third-order valence-corrected chi connectivity index (χ3v) is 11.9. The molecule has 3 aliphatic heterocycles. The van der Waals surface area contributed by atoms with E-state index in [0.717, 1.165) is 53.5 Å². The molecule has 3 saturated heterocycles. The lowest BCUT2D eigenvalue weighted by Crippen LogP contribution is -2.75. The van der Waals surface area contributed by atoms with E-state index in [-0.39, 0.29) is 43.4 Å². The van der Waals surface area contributed by atoms with Gasteiger partial charge in [-0.25, -0.2) is 4.79 Å². The molecule has 3 fully saturated rings. The molecule has 0 aliphatic carbocycles. The molecule has 0 spiro atoms. The Kier molecular flexibility index (Phi) is 10.7. The molecule has 280 valence electrons. The molecule has 0 bridgehead atoms. The summed E-state index contributed by atoms with van der Waals surface area (Å²) in [6.45, 7) is 9.88. The van der Waals surface area contributed by atoms with Crippen molar-refractivity contribution in [2.45, 2.75) is 90.4 Å². The lowest BCUT2D eigenvalue weighted by Gasteiger charge is -2.57. The van der Waals surface area contributed by atoms with Gasteiger partial charge in [-0.2, -0.15) is 5.10 Å². The lowest BCUT2D eigenvalue weighted by atomic mass is 9.60. The Hall–Kier alpha value is -4.45. The minimum atomic E-state index is -1.72. The number of aromatic nitrogens is 2. The van der Waals surface area contributed by atoms with Gasteiger partial charge in [0.05, 0.1) is 17.6 Å². The van der Waals surface area contributed by atoms with Crippen LogP contribution < -0.4 is 10.6 Å². The summed E-state index contributed by atoms with van der Waals surface area (Å²) in [4.78, 5) is 62.4. The number of nitrogens with one attached hydrogen (secondary N) is 2. The van der Waals surface area contributed by atoms with Crippen molar-refractivity contribution in [2.24, 2.45) is 24.3 Å². The van der Waals surface area contributed by atoms with Crippen LogP contribution in [0.1, 0.15) is 69.6 Å². The fourth-order valence-electron chi connectivity index (χ4n) is 9.16. The van der Waals surface area contributed by atoms with Crippen LogP contribution in [0.3, 0.4) is 0 Å². The first kappa shape index (κ1) is 37.3. The second-order valence-corrected chi connectivity index (χ2v) is 16.2. The molecule has 12 nitrogen and oxygen atoms in total. The SMILES string of the molecule is Cc1ccc(C[C@@H]2C[C@@H](C(=O)NCc3ccc4c(cnn4C)c3)N(C(=O)[C@]3(C(C)(C)C)[C@@H](C(=O)N(C)C4CCNCC4)CCCN3C(=O)O)C2)cc1. The van der Waals surface area contributed by atoms with Gasteiger partial charge in [0.2, 0.25) is 11.8 Å². The van der Waals surface area contributed by atoms with Crippen molar-refractivity contribution in [1.82, 2.24) is 35.1 Å². The highest BCUT2D eigenvalue weighted by Gasteiger charge is 2.66. The number of carbonyl (C=O) groups is 4. The summed E-state index contributed by atoms with van der Waals surface area (Å²) < 4.78 is 1.80. The standard InChI is InChI=1S/C40H55N7O5/c1-26-9-11-27(12-10-26)20-29-22-34(35(48)42-23-28-13-14-33-30(21-28)24-43-45(33)6)46(25-29)37(50)40(39(2,3)4)32(8-7-19-47(40)38(51)52)36(49)44(5)31-15-17-41-18-16-31/h9-14,21,24,29,31-32,34,41H,7-8,15-20,22-23,25H2,1-6H3,(H,42,48)(H,51,52)/t29-,32-,34+,40+/m1/s1. The second kappa shape index (κ2) is 14.9. The van der Waals surface area contributed by atoms with Gasteiger partial charge in [-0.15, -0.1) is 0 Å². The summed E-state index contributed by atoms with van der Waals surface area (Å²) in [5.74, 6) is -1.90. The fourth-order valence-corrected chi connectivity index (χ4v) is 9.16. The van der Waals surface area contributed by atoms with Crippen molar-refractivity contribution in [2.75, 3.05) is 33.2 Å². The van der Waals surface area contributed by atoms with Crippen LogP contribution in [0.25, 0.3) is 10.9 Å². The number of aryl methyl sites for hydroxylation is 2. The summed E-state index contributed by atoms with van der Waals surface area (Å²) in [7, 11) is 3.68. The van der Waals surface area contributed by atoms with Crippen LogP contribution in [0.5, 0.6) is 0 Å². The monoisotopic (exact) mass is 713 g/mol. The van der Waals surface area contributed by atoms with E-state index in [0.29, 0.717) is 25.7 Å². The third kappa shape index (κ3) is 7.01. The van der Waals surface area contributed by atoms with Crippen LogP contribution >= 0.6 is 0 Å². The average Bonchev–Trinajstić information content (AvgIpc) is 3.72. The van der Waals surface area contributed by atoms with Gasteiger partial charge in [-0.3, -0.25) is 24.0 Å². The molecule has 12 heteroatoms. The number of amides is 4. The van der Waals surface area contributed by atoms with E-state index >= 15 is 4.79 Å². The minimum absolute atomic E-state index is 0.00295. The lowest BCUT2D eigenvalue weighted by molar-refractivity contribution is -0.173. The van der Waals surface area contributed by atoms with E-state index in [9.17, 15) is 19.5 Å². The second-order valence-electron chi connectivity index (χ2n) is 16.2. The van der Waals surface area contributed by atoms with Crippen molar-refractivity contribution >= 4 is 34.7 Å². The number of hydrogen-bond donors (Lipinski definition) is 3. The molecule has 3 aliphatic rings. The minimum Gasteiger partial charge on any atom is -0.465 e. The Bertz CT molecular complexity index is 1790. The summed E-state index contributed by atoms with van der Waals surface area (Å²) >= 11 is 0. The highest BCUT2D eigenvalue weighted by atomic mass is 16.4. The predicted octanol–water partition coefficient (Wildman–Crippen LogP) is 4.34. The molecule has 0 unspecified atom stereocenters. The summed E-state index contributed by atoms with van der Waals surface area (Å²) in [6, 6.07) is 13.4. The number of likely N-dealkylation sites (tertiary alicyclic amines) is 2. The van der Waals surface area contributed by atoms with Crippen molar-refractivity contribution in [3.05, 3.63) is 65.4 Å². The van der Waals surface area contributed by atoms with E-state index in [1.54, 1.807) is 27.7 Å². The number of piperidine rings is 2. The third-order valence-electron chi connectivity index (χ3n) is 11.9. The zero-order valence-corrected chi connectivity index (χ0v) is 31.5. The first-order valence-corrected chi connectivity index (χ1v) is 18.7. The summed E-state index contributed by atoms with van der Waals surface area (Å²) in [5, 5.41) is 22.5. The van der Waals surface area contributed by atoms with Crippen molar-refractivity contribution < 1.29 is 24.3 Å². The van der Waals surface area contributed by atoms with Gasteiger partial charge in [0, 0.05) is 45.2 Å². The Morgan fingerprint density at radius 2 is 1.73 bits per heavy atom. The van der Waals surface area contributed by atoms with E-state index < -0.39 is 34.9 Å². The molecule has 0 saturated carbocycles. The Balaban J connectivity index is 1.36. The topological polar surface area (TPSA) is 140 Å². The largest absolute Gasteiger partial charge is 0.465 e. The van der Waals surface area contributed by atoms with Crippen LogP contribution in [0.2, 0.25) is 0 Å². The molecule has 2 aromatic carbocycles. The molecular weight excluding hydrogens is 658 g/mol. The summed E-state index contributed by atoms with van der Waals surface area (Å²) in [6.07, 6.45) is 4.08. The maximum absolute atomic E-state index is 15.6. The van der Waals surface area contributed by atoms with Crippen LogP contribution in [0, 0.1) is 24.2 Å². The van der Waals surface area contributed by atoms with Crippen LogP contribution in [-0.2, 0) is 34.4 Å². The van der Waals surface area contributed by atoms with Crippen molar-refractivity contribution in [1.29, 1.82) is 0 Å². The molecule has 52 heavy (non-hydrogen) atoms. The zero-order chi connectivity index (χ0) is 37.4. The van der Waals surface area contributed by atoms with Crippen LogP contribution in [0.15, 0.2) is 48.7 Å². The van der Waals surface area contributed by atoms with Crippen LogP contribution in [-0.4, -0.2) is 104 Å². The Morgan fingerprint density at radius 3 is 2.40 bits per heavy atom. The quantitative estimate of drug-likeness (QED) is 0.316. The highest BCUT2D eigenvalue weighted by molar-refractivity contribution is 6.00. The fraction of sp³-hybridized carbons (Fsp3) is 0.575. The molecule has 1 aromatic heterocycles. The number of rotatable bonds is 8. The van der Waals surface area contributed by atoms with E-state index in [4.69, 9.17) is 0 Å². The highest BCUT2D eigenvalue weighted by Crippen LogP contribution is 2.50. The maximum atomic E-state index is 15.6. The first-order valence-electron chi connectivity index (χ1n) is 18.7. The first-order chi connectivity index (χ1) is 24.7. The number of nitrogens with zero attached hydrogens (tertiary/aromatic N) is 5. The van der Waals surface area contributed by atoms with E-state index in [2.05, 4.69) is 40.0 Å². The number of carboxylic acid groups (broad SMARTS) is 1. The normalized spacial score (nSPS) is 24.2. The van der Waals surface area contributed by atoms with Crippen molar-refractivity contribution in [3.63, 3.8) is 0 Å². The van der Waals surface area contributed by atoms with Gasteiger partial charge >= 0.3 is 6.09 Å². The number of carbonyl (C=O) groups excluding carboxylic acids is 3. The van der Waals surface area contributed by atoms with Crippen LogP contribution in [0.4, 0.5) is 4.79 Å². The maximum Gasteiger partial charge on any atom is 0.408 e. The molecular formula is C40H55N7O5. The molecule has 0 radical (unpaired) electrons. The van der Waals surface area contributed by atoms with Gasteiger partial charge in [0.15, 0.2) is 0 Å². The molecule has 6 rings (SSSR count). The van der Waals surface area contributed by atoms with Gasteiger partial charge in [-0.05, 0) is 93.1 Å². The van der Waals surface area contributed by atoms with Gasteiger partial charge in [0.25, 0.3) is 5.91 Å². The molecule has 4 heterocycles. The summed E-state index contributed by atoms with van der Waals surface area (Å²) in [5.41, 5.74) is 1.45. The molecule has 3 aromatic rings. The Labute approximate surface area is 306 Å².